The number of nitrogens with zero attached hydrogens (tertiary/aromatic N) is 2. The lowest BCUT2D eigenvalue weighted by Crippen LogP contribution is -2.29. The summed E-state index contributed by atoms with van der Waals surface area (Å²) in [5.74, 6) is -2.76. The van der Waals surface area contributed by atoms with Crippen molar-refractivity contribution in [3.05, 3.63) is 0 Å². The average Bonchev–Trinajstić information content (AvgIpc) is 2.48. The zero-order valence-corrected chi connectivity index (χ0v) is 13.3. The third kappa shape index (κ3) is 18.6. The maximum atomic E-state index is 10.6. The van der Waals surface area contributed by atoms with Crippen molar-refractivity contribution in [1.82, 2.24) is 4.90 Å². The molecule has 0 heterocycles. The van der Waals surface area contributed by atoms with Crippen molar-refractivity contribution in [2.24, 2.45) is 11.5 Å². The van der Waals surface area contributed by atoms with E-state index < -0.39 is 12.1 Å². The second kappa shape index (κ2) is 15.5. The van der Waals surface area contributed by atoms with Gasteiger partial charge in [0, 0.05) is 6.42 Å². The van der Waals surface area contributed by atoms with E-state index >= 15 is 0 Å². The first-order valence-electron chi connectivity index (χ1n) is 7.59. The van der Waals surface area contributed by atoms with Crippen LogP contribution in [0.2, 0.25) is 0 Å². The first-order chi connectivity index (χ1) is 10.8. The predicted octanol–water partition coefficient (Wildman–Crippen LogP) is 1.70. The van der Waals surface area contributed by atoms with Crippen LogP contribution in [0.4, 0.5) is 13.2 Å². The maximum Gasteiger partial charge on any atom is 0.490 e. The second-order valence-electron chi connectivity index (χ2n) is 4.90. The minimum Gasteiger partial charge on any atom is -0.475 e. The van der Waals surface area contributed by atoms with Crippen LogP contribution < -0.4 is 11.5 Å². The highest BCUT2D eigenvalue weighted by atomic mass is 19.4. The van der Waals surface area contributed by atoms with E-state index in [1.165, 1.54) is 6.42 Å². The Kier molecular flexibility index (Phi) is 16.1. The molecule has 0 radical (unpaired) electrons. The van der Waals surface area contributed by atoms with Gasteiger partial charge in [-0.1, -0.05) is 0 Å². The van der Waals surface area contributed by atoms with Crippen LogP contribution in [0.15, 0.2) is 0 Å². The Hall–Kier alpha value is -1.37. The summed E-state index contributed by atoms with van der Waals surface area (Å²) in [4.78, 5) is 11.3. The van der Waals surface area contributed by atoms with E-state index in [0.29, 0.717) is 6.42 Å². The fourth-order valence-corrected chi connectivity index (χ4v) is 1.67. The zero-order chi connectivity index (χ0) is 18.1. The summed E-state index contributed by atoms with van der Waals surface area (Å²) >= 11 is 0. The van der Waals surface area contributed by atoms with E-state index in [4.69, 9.17) is 26.6 Å². The second-order valence-corrected chi connectivity index (χ2v) is 4.90. The van der Waals surface area contributed by atoms with Crippen molar-refractivity contribution < 1.29 is 23.1 Å². The smallest absolute Gasteiger partial charge is 0.475 e. The summed E-state index contributed by atoms with van der Waals surface area (Å²) in [6.45, 7) is 4.81. The Morgan fingerprint density at radius 1 is 1.00 bits per heavy atom. The third-order valence-electron chi connectivity index (χ3n) is 2.86. The molecule has 0 aromatic carbocycles. The standard InChI is InChI=1S/C12H26N4.C2HF3O2/c13-7-2-1-4-10-16(12-6-9-15)11-5-3-8-14;3-2(4,5)1(6)7/h1-6,8-12,14-15H2;(H,6,7). The van der Waals surface area contributed by atoms with Crippen LogP contribution in [0, 0.1) is 11.3 Å². The molecule has 0 spiro atoms. The van der Waals surface area contributed by atoms with Crippen molar-refractivity contribution >= 4 is 5.97 Å². The van der Waals surface area contributed by atoms with Gasteiger partial charge in [0.25, 0.3) is 0 Å². The molecule has 9 heteroatoms. The van der Waals surface area contributed by atoms with Gasteiger partial charge in [0.1, 0.15) is 0 Å². The van der Waals surface area contributed by atoms with Gasteiger partial charge in [0.2, 0.25) is 0 Å². The Balaban J connectivity index is 0. The van der Waals surface area contributed by atoms with E-state index in [1.54, 1.807) is 0 Å². The molecular formula is C14H27F3N4O2. The molecule has 23 heavy (non-hydrogen) atoms. The van der Waals surface area contributed by atoms with Gasteiger partial charge in [-0.15, -0.1) is 0 Å². The van der Waals surface area contributed by atoms with Gasteiger partial charge in [-0.05, 0) is 64.8 Å². The molecule has 0 aliphatic heterocycles. The number of halogens is 3. The number of hydrogen-bond donors (Lipinski definition) is 3. The quantitative estimate of drug-likeness (QED) is 0.493. The van der Waals surface area contributed by atoms with E-state index in [-0.39, 0.29) is 0 Å². The molecule has 0 atom stereocenters. The Morgan fingerprint density at radius 2 is 1.43 bits per heavy atom. The van der Waals surface area contributed by atoms with Crippen molar-refractivity contribution in [2.75, 3.05) is 32.7 Å². The highest BCUT2D eigenvalue weighted by molar-refractivity contribution is 5.73. The van der Waals surface area contributed by atoms with Crippen molar-refractivity contribution in [3.63, 3.8) is 0 Å². The summed E-state index contributed by atoms with van der Waals surface area (Å²) in [7, 11) is 0. The molecule has 136 valence electrons. The van der Waals surface area contributed by atoms with Gasteiger partial charge in [-0.3, -0.25) is 0 Å². The molecule has 0 aromatic rings. The van der Waals surface area contributed by atoms with Gasteiger partial charge >= 0.3 is 12.1 Å². The first-order valence-corrected chi connectivity index (χ1v) is 7.59. The molecule has 0 aromatic heterocycles. The molecule has 0 saturated carbocycles. The van der Waals surface area contributed by atoms with Crippen molar-refractivity contribution in [1.29, 1.82) is 5.26 Å². The minimum absolute atomic E-state index is 0.674. The molecule has 0 aliphatic carbocycles. The van der Waals surface area contributed by atoms with Crippen LogP contribution in [0.3, 0.4) is 0 Å². The number of carboxylic acids is 1. The van der Waals surface area contributed by atoms with Crippen LogP contribution in [0.1, 0.15) is 38.5 Å². The number of carboxylic acid groups (broad SMARTS) is 1. The molecular weight excluding hydrogens is 313 g/mol. The molecule has 0 fully saturated rings. The topological polar surface area (TPSA) is 116 Å². The fraction of sp³-hybridized carbons (Fsp3) is 0.857. The van der Waals surface area contributed by atoms with Crippen LogP contribution in [-0.4, -0.2) is 54.9 Å². The summed E-state index contributed by atoms with van der Waals surface area (Å²) < 4.78 is 31.7. The summed E-state index contributed by atoms with van der Waals surface area (Å²) in [5, 5.41) is 15.6. The summed E-state index contributed by atoms with van der Waals surface area (Å²) in [5.41, 5.74) is 11.0. The number of alkyl halides is 3. The van der Waals surface area contributed by atoms with Gasteiger partial charge in [-0.25, -0.2) is 4.79 Å². The first kappa shape index (κ1) is 23.9. The van der Waals surface area contributed by atoms with Crippen LogP contribution in [0.25, 0.3) is 0 Å². The highest BCUT2D eigenvalue weighted by Crippen LogP contribution is 2.13. The number of rotatable bonds is 11. The molecule has 0 unspecified atom stereocenters. The van der Waals surface area contributed by atoms with E-state index in [9.17, 15) is 13.2 Å². The Labute approximate surface area is 135 Å². The SMILES string of the molecule is N#CCCCCN(CCCN)CCCCN.O=C(O)C(F)(F)F. The van der Waals surface area contributed by atoms with E-state index in [1.807, 2.05) is 0 Å². The Morgan fingerprint density at radius 3 is 1.83 bits per heavy atom. The lowest BCUT2D eigenvalue weighted by molar-refractivity contribution is -0.192. The molecule has 6 nitrogen and oxygen atoms in total. The van der Waals surface area contributed by atoms with Crippen LogP contribution in [0.5, 0.6) is 0 Å². The zero-order valence-electron chi connectivity index (χ0n) is 13.3. The molecule has 0 rings (SSSR count). The van der Waals surface area contributed by atoms with E-state index in [2.05, 4.69) is 11.0 Å². The molecule has 0 saturated heterocycles. The summed E-state index contributed by atoms with van der Waals surface area (Å²) in [6.07, 6.45) is 1.03. The normalized spacial score (nSPS) is 10.8. The molecule has 0 amide bonds. The number of carbonyl (C=O) groups is 1. The van der Waals surface area contributed by atoms with Gasteiger partial charge < -0.3 is 21.5 Å². The molecule has 0 bridgehead atoms. The number of aliphatic carboxylic acids is 1. The highest BCUT2D eigenvalue weighted by Gasteiger charge is 2.38. The van der Waals surface area contributed by atoms with Crippen LogP contribution >= 0.6 is 0 Å². The van der Waals surface area contributed by atoms with Crippen molar-refractivity contribution in [3.8, 4) is 6.07 Å². The number of hydrogen-bond acceptors (Lipinski definition) is 5. The number of nitriles is 1. The lowest BCUT2D eigenvalue weighted by atomic mass is 10.2. The number of unbranched alkanes of at least 4 members (excludes halogenated alkanes) is 3. The lowest BCUT2D eigenvalue weighted by Gasteiger charge is -2.21. The van der Waals surface area contributed by atoms with Crippen LogP contribution in [-0.2, 0) is 4.79 Å². The third-order valence-corrected chi connectivity index (χ3v) is 2.86. The monoisotopic (exact) mass is 340 g/mol. The van der Waals surface area contributed by atoms with Gasteiger partial charge in [0.05, 0.1) is 6.07 Å². The maximum absolute atomic E-state index is 10.6. The largest absolute Gasteiger partial charge is 0.490 e. The molecule has 0 aliphatic rings. The fourth-order valence-electron chi connectivity index (χ4n) is 1.67. The van der Waals surface area contributed by atoms with E-state index in [0.717, 1.165) is 58.4 Å². The predicted molar refractivity (Wildman–Crippen MR) is 81.6 cm³/mol. The van der Waals surface area contributed by atoms with Gasteiger partial charge in [0.15, 0.2) is 0 Å². The average molecular weight is 340 g/mol. The number of nitrogens with two attached hydrogens (primary N) is 2. The summed E-state index contributed by atoms with van der Waals surface area (Å²) in [6, 6.07) is 2.18. The van der Waals surface area contributed by atoms with Gasteiger partial charge in [-0.2, -0.15) is 18.4 Å². The minimum atomic E-state index is -5.08. The molecule has 5 N–H and O–H groups in total. The Bertz CT molecular complexity index is 333. The van der Waals surface area contributed by atoms with Crippen molar-refractivity contribution in [2.45, 2.75) is 44.7 Å².